The number of fused-ring (bicyclic) bond motifs is 2. The van der Waals surface area contributed by atoms with E-state index < -0.39 is 0 Å². The molecule has 4 atom stereocenters. The lowest BCUT2D eigenvalue weighted by Crippen LogP contribution is -2.43. The topological polar surface area (TPSA) is 21.7 Å². The normalized spacial score (nSPS) is 31.2. The van der Waals surface area contributed by atoms with Crippen LogP contribution in [0.15, 0.2) is 48.5 Å². The Morgan fingerprint density at radius 3 is 2.75 bits per heavy atom. The highest BCUT2D eigenvalue weighted by atomic mass is 19.1. The number of rotatable bonds is 2. The molecule has 24 heavy (non-hydrogen) atoms. The molecule has 0 radical (unpaired) electrons. The van der Waals surface area contributed by atoms with Crippen molar-refractivity contribution in [1.29, 1.82) is 0 Å². The quantitative estimate of drug-likeness (QED) is 0.824. The maximum atomic E-state index is 13.9. The molecule has 3 aliphatic rings. The van der Waals surface area contributed by atoms with Crippen molar-refractivity contribution in [3.63, 3.8) is 0 Å². The standard InChI is InChI=1S/C20H20FNO2/c21-14-9-10-16-15(11-14)20-19-17(23-16)7-4-8-18(19)24-22(20)12-13-5-2-1-3-6-13/h1-3,5-6,9-11,17-20H,4,7-8,12H2/t17-,18+,19-,20-/m1/s1. The second kappa shape index (κ2) is 5.57. The second-order valence-corrected chi connectivity index (χ2v) is 7.00. The molecule has 1 aliphatic carbocycles. The first-order valence-corrected chi connectivity index (χ1v) is 8.73. The first kappa shape index (κ1) is 14.4. The van der Waals surface area contributed by atoms with Gasteiger partial charge in [-0.3, -0.25) is 4.84 Å². The molecule has 124 valence electrons. The number of hydroxylamine groups is 2. The summed E-state index contributed by atoms with van der Waals surface area (Å²) in [5, 5.41) is 2.06. The molecule has 0 bridgehead atoms. The Morgan fingerprint density at radius 2 is 1.88 bits per heavy atom. The van der Waals surface area contributed by atoms with Crippen LogP contribution in [0.1, 0.15) is 36.4 Å². The van der Waals surface area contributed by atoms with E-state index in [1.54, 1.807) is 12.1 Å². The highest BCUT2D eigenvalue weighted by Gasteiger charge is 2.53. The average Bonchev–Trinajstić information content (AvgIpc) is 2.97. The molecule has 0 N–H and O–H groups in total. The molecule has 2 aromatic carbocycles. The number of benzene rings is 2. The third kappa shape index (κ3) is 2.25. The Labute approximate surface area is 140 Å². The predicted octanol–water partition coefficient (Wildman–Crippen LogP) is 4.24. The Hall–Kier alpha value is -1.91. The van der Waals surface area contributed by atoms with Crippen LogP contribution >= 0.6 is 0 Å². The minimum Gasteiger partial charge on any atom is -0.490 e. The summed E-state index contributed by atoms with van der Waals surface area (Å²) in [6.07, 6.45) is 3.57. The van der Waals surface area contributed by atoms with Gasteiger partial charge in [-0.05, 0) is 43.0 Å². The van der Waals surface area contributed by atoms with Crippen LogP contribution in [0.4, 0.5) is 4.39 Å². The molecule has 5 rings (SSSR count). The third-order valence-corrected chi connectivity index (χ3v) is 5.53. The number of nitrogens with zero attached hydrogens (tertiary/aromatic N) is 1. The second-order valence-electron chi connectivity index (χ2n) is 7.00. The van der Waals surface area contributed by atoms with Crippen molar-refractivity contribution in [3.8, 4) is 5.75 Å². The van der Waals surface area contributed by atoms with Crippen molar-refractivity contribution in [2.24, 2.45) is 5.92 Å². The van der Waals surface area contributed by atoms with Crippen molar-refractivity contribution in [3.05, 3.63) is 65.5 Å². The fourth-order valence-corrected chi connectivity index (χ4v) is 4.53. The van der Waals surface area contributed by atoms with E-state index in [4.69, 9.17) is 9.57 Å². The zero-order chi connectivity index (χ0) is 16.1. The largest absolute Gasteiger partial charge is 0.490 e. The molecule has 1 saturated heterocycles. The van der Waals surface area contributed by atoms with Crippen molar-refractivity contribution in [2.45, 2.75) is 44.1 Å². The van der Waals surface area contributed by atoms with Gasteiger partial charge in [0.05, 0.1) is 12.1 Å². The van der Waals surface area contributed by atoms with Gasteiger partial charge < -0.3 is 4.74 Å². The smallest absolute Gasteiger partial charge is 0.124 e. The summed E-state index contributed by atoms with van der Waals surface area (Å²) in [4.78, 5) is 6.31. The number of ether oxygens (including phenoxy) is 1. The van der Waals surface area contributed by atoms with Gasteiger partial charge in [-0.1, -0.05) is 30.3 Å². The van der Waals surface area contributed by atoms with E-state index >= 15 is 0 Å². The van der Waals surface area contributed by atoms with Crippen LogP contribution < -0.4 is 4.74 Å². The lowest BCUT2D eigenvalue weighted by molar-refractivity contribution is -0.173. The lowest BCUT2D eigenvalue weighted by atomic mass is 9.76. The monoisotopic (exact) mass is 325 g/mol. The van der Waals surface area contributed by atoms with Crippen LogP contribution in [0.5, 0.6) is 5.75 Å². The van der Waals surface area contributed by atoms with Crippen LogP contribution in [-0.4, -0.2) is 17.3 Å². The van der Waals surface area contributed by atoms with Gasteiger partial charge in [0.25, 0.3) is 0 Å². The van der Waals surface area contributed by atoms with Gasteiger partial charge >= 0.3 is 0 Å². The molecule has 2 heterocycles. The lowest BCUT2D eigenvalue weighted by Gasteiger charge is -2.40. The highest BCUT2D eigenvalue weighted by molar-refractivity contribution is 5.40. The first-order valence-electron chi connectivity index (χ1n) is 8.73. The van der Waals surface area contributed by atoms with E-state index in [9.17, 15) is 4.39 Å². The van der Waals surface area contributed by atoms with Gasteiger partial charge in [0.1, 0.15) is 17.7 Å². The summed E-state index contributed by atoms with van der Waals surface area (Å²) < 4.78 is 20.1. The van der Waals surface area contributed by atoms with Gasteiger partial charge in [-0.25, -0.2) is 4.39 Å². The zero-order valence-electron chi connectivity index (χ0n) is 13.4. The summed E-state index contributed by atoms with van der Waals surface area (Å²) in [6.45, 7) is 0.710. The molecule has 1 saturated carbocycles. The summed E-state index contributed by atoms with van der Waals surface area (Å²) in [6, 6.07) is 15.2. The molecular formula is C20H20FNO2. The van der Waals surface area contributed by atoms with Gasteiger partial charge in [0.2, 0.25) is 0 Å². The molecule has 0 unspecified atom stereocenters. The molecule has 2 fully saturated rings. The summed E-state index contributed by atoms with van der Waals surface area (Å²) in [7, 11) is 0. The molecule has 2 aromatic rings. The summed E-state index contributed by atoms with van der Waals surface area (Å²) in [5.41, 5.74) is 2.13. The van der Waals surface area contributed by atoms with Crippen molar-refractivity contribution in [2.75, 3.05) is 0 Å². The van der Waals surface area contributed by atoms with Crippen LogP contribution in [0, 0.1) is 11.7 Å². The van der Waals surface area contributed by atoms with Gasteiger partial charge in [-0.15, -0.1) is 0 Å². The van der Waals surface area contributed by atoms with E-state index in [0.717, 1.165) is 30.6 Å². The van der Waals surface area contributed by atoms with Gasteiger partial charge in [0, 0.05) is 18.0 Å². The SMILES string of the molecule is Fc1ccc2c(c1)[C@@H]1[C@H]3[C@H](CCC[C@H]3O2)ON1Cc1ccccc1. The Bertz CT molecular complexity index is 751. The molecule has 0 spiro atoms. The van der Waals surface area contributed by atoms with Crippen molar-refractivity contribution in [1.82, 2.24) is 5.06 Å². The van der Waals surface area contributed by atoms with E-state index in [2.05, 4.69) is 17.2 Å². The first-order chi connectivity index (χ1) is 11.8. The van der Waals surface area contributed by atoms with Crippen molar-refractivity contribution < 1.29 is 14.0 Å². The Kier molecular flexibility index (Phi) is 3.35. The van der Waals surface area contributed by atoms with Gasteiger partial charge in [0.15, 0.2) is 0 Å². The summed E-state index contributed by atoms with van der Waals surface area (Å²) in [5.74, 6) is 0.887. The van der Waals surface area contributed by atoms with Crippen LogP contribution in [0.3, 0.4) is 0 Å². The number of halogens is 1. The molecule has 2 aliphatic heterocycles. The van der Waals surface area contributed by atoms with Crippen LogP contribution in [0.25, 0.3) is 0 Å². The van der Waals surface area contributed by atoms with Crippen LogP contribution in [0.2, 0.25) is 0 Å². The van der Waals surface area contributed by atoms with E-state index in [-0.39, 0.29) is 30.0 Å². The fourth-order valence-electron chi connectivity index (χ4n) is 4.53. The third-order valence-electron chi connectivity index (χ3n) is 5.53. The van der Waals surface area contributed by atoms with E-state index in [1.165, 1.54) is 11.6 Å². The average molecular weight is 325 g/mol. The molecule has 4 heteroatoms. The maximum Gasteiger partial charge on any atom is 0.124 e. The van der Waals surface area contributed by atoms with E-state index in [1.807, 2.05) is 18.2 Å². The minimum absolute atomic E-state index is 0.0694. The Morgan fingerprint density at radius 1 is 1.04 bits per heavy atom. The molecule has 3 nitrogen and oxygen atoms in total. The zero-order valence-corrected chi connectivity index (χ0v) is 13.4. The maximum absolute atomic E-state index is 13.9. The predicted molar refractivity (Wildman–Crippen MR) is 87.8 cm³/mol. The molecular weight excluding hydrogens is 305 g/mol. The van der Waals surface area contributed by atoms with Gasteiger partial charge in [-0.2, -0.15) is 5.06 Å². The number of hydrogen-bond donors (Lipinski definition) is 0. The van der Waals surface area contributed by atoms with Crippen molar-refractivity contribution >= 4 is 0 Å². The van der Waals surface area contributed by atoms with E-state index in [0.29, 0.717) is 6.54 Å². The van der Waals surface area contributed by atoms with Crippen LogP contribution in [-0.2, 0) is 11.4 Å². The Balaban J connectivity index is 1.56. The minimum atomic E-state index is -0.213. The molecule has 0 aromatic heterocycles. The fraction of sp³-hybridized carbons (Fsp3) is 0.400. The number of hydrogen-bond acceptors (Lipinski definition) is 3. The highest BCUT2D eigenvalue weighted by Crippen LogP contribution is 2.53. The molecule has 0 amide bonds. The summed E-state index contributed by atoms with van der Waals surface area (Å²) >= 11 is 0.